The lowest BCUT2D eigenvalue weighted by Gasteiger charge is -2.32. The van der Waals surface area contributed by atoms with Gasteiger partial charge in [0.25, 0.3) is 0 Å². The lowest BCUT2D eigenvalue weighted by molar-refractivity contribution is -0.148. The minimum Gasteiger partial charge on any atom is -0.356 e. The summed E-state index contributed by atoms with van der Waals surface area (Å²) in [7, 11) is 3.40. The molecule has 0 unspecified atom stereocenters. The van der Waals surface area contributed by atoms with Crippen LogP contribution in [0.15, 0.2) is 35.3 Å². The van der Waals surface area contributed by atoms with Crippen LogP contribution in [-0.2, 0) is 11.3 Å². The van der Waals surface area contributed by atoms with E-state index in [1.165, 1.54) is 9.80 Å². The molecule has 0 spiro atoms. The first-order valence-corrected chi connectivity index (χ1v) is 10.3. The van der Waals surface area contributed by atoms with Gasteiger partial charge in [0.2, 0.25) is 5.91 Å². The maximum atomic E-state index is 12.5. The van der Waals surface area contributed by atoms with Gasteiger partial charge in [-0.05, 0) is 43.8 Å². The zero-order chi connectivity index (χ0) is 22.0. The zero-order valence-corrected chi connectivity index (χ0v) is 17.7. The molecule has 168 valence electrons. The molecule has 0 aromatic heterocycles. The molecule has 6 nitrogen and oxygen atoms in total. The summed E-state index contributed by atoms with van der Waals surface area (Å²) < 4.78 is 37.5. The van der Waals surface area contributed by atoms with Gasteiger partial charge in [0.05, 0.1) is 19.6 Å². The molecule has 1 saturated heterocycles. The van der Waals surface area contributed by atoms with E-state index < -0.39 is 12.7 Å². The molecule has 1 aliphatic rings. The van der Waals surface area contributed by atoms with E-state index in [9.17, 15) is 18.0 Å². The fraction of sp³-hybridized carbons (Fsp3) is 0.619. The standard InChI is InChI=1S/C21H32F3N5O/c1-28(2)19(30)15-27-20(26-14-18-6-4-3-5-7-18)25-11-8-17-9-12-29(13-10-17)16-21(22,23)24/h3-7,17H,8-16H2,1-2H3,(H2,25,26,27). The van der Waals surface area contributed by atoms with Gasteiger partial charge in [0, 0.05) is 20.6 Å². The van der Waals surface area contributed by atoms with Crippen LogP contribution in [0.2, 0.25) is 0 Å². The van der Waals surface area contributed by atoms with Crippen molar-refractivity contribution in [1.82, 2.24) is 20.4 Å². The normalized spacial score (nSPS) is 16.4. The molecule has 1 aromatic rings. The number of carbonyl (C=O) groups excluding carboxylic acids is 1. The number of aliphatic imine (C=N–C) groups is 1. The predicted molar refractivity (Wildman–Crippen MR) is 112 cm³/mol. The second kappa shape index (κ2) is 11.8. The topological polar surface area (TPSA) is 60.0 Å². The second-order valence-electron chi connectivity index (χ2n) is 7.84. The molecule has 0 atom stereocenters. The predicted octanol–water partition coefficient (Wildman–Crippen LogP) is 2.47. The van der Waals surface area contributed by atoms with Gasteiger partial charge in [-0.25, -0.2) is 4.99 Å². The summed E-state index contributed by atoms with van der Waals surface area (Å²) in [4.78, 5) is 19.4. The van der Waals surface area contributed by atoms with Crippen molar-refractivity contribution in [3.05, 3.63) is 35.9 Å². The van der Waals surface area contributed by atoms with E-state index in [-0.39, 0.29) is 12.5 Å². The van der Waals surface area contributed by atoms with Crippen molar-refractivity contribution < 1.29 is 18.0 Å². The Morgan fingerprint density at radius 2 is 1.83 bits per heavy atom. The number of nitrogens with one attached hydrogen (secondary N) is 2. The number of amides is 1. The molecular weight excluding hydrogens is 395 g/mol. The van der Waals surface area contributed by atoms with Crippen LogP contribution >= 0.6 is 0 Å². The summed E-state index contributed by atoms with van der Waals surface area (Å²) in [5, 5.41) is 6.31. The quantitative estimate of drug-likeness (QED) is 0.494. The summed E-state index contributed by atoms with van der Waals surface area (Å²) >= 11 is 0. The van der Waals surface area contributed by atoms with Crippen molar-refractivity contribution in [2.24, 2.45) is 10.9 Å². The number of rotatable bonds is 8. The van der Waals surface area contributed by atoms with E-state index in [2.05, 4.69) is 15.6 Å². The first kappa shape index (κ1) is 24.0. The minimum atomic E-state index is -4.13. The van der Waals surface area contributed by atoms with E-state index in [1.54, 1.807) is 14.1 Å². The average molecular weight is 428 g/mol. The molecule has 0 aliphatic carbocycles. The first-order valence-electron chi connectivity index (χ1n) is 10.3. The van der Waals surface area contributed by atoms with E-state index in [1.807, 2.05) is 30.3 Å². The van der Waals surface area contributed by atoms with Crippen LogP contribution in [0.1, 0.15) is 24.8 Å². The maximum absolute atomic E-state index is 12.5. The fourth-order valence-corrected chi connectivity index (χ4v) is 3.33. The minimum absolute atomic E-state index is 0.0544. The molecular formula is C21H32F3N5O. The Labute approximate surface area is 176 Å². The van der Waals surface area contributed by atoms with Crippen molar-refractivity contribution in [2.45, 2.75) is 32.0 Å². The Morgan fingerprint density at radius 1 is 1.17 bits per heavy atom. The first-order chi connectivity index (χ1) is 14.2. The third-order valence-corrected chi connectivity index (χ3v) is 5.12. The Bertz CT molecular complexity index is 671. The Hall–Kier alpha value is -2.29. The molecule has 1 aromatic carbocycles. The lowest BCUT2D eigenvalue weighted by atomic mass is 9.93. The van der Waals surface area contributed by atoms with Crippen LogP contribution in [0.5, 0.6) is 0 Å². The number of piperidine rings is 1. The van der Waals surface area contributed by atoms with Crippen LogP contribution in [-0.4, -0.2) is 74.7 Å². The second-order valence-corrected chi connectivity index (χ2v) is 7.84. The van der Waals surface area contributed by atoms with E-state index in [4.69, 9.17) is 0 Å². The van der Waals surface area contributed by atoms with Crippen molar-refractivity contribution in [2.75, 3.05) is 46.8 Å². The molecule has 1 fully saturated rings. The summed E-state index contributed by atoms with van der Waals surface area (Å²) in [6.45, 7) is 1.42. The number of alkyl halides is 3. The highest BCUT2D eigenvalue weighted by molar-refractivity contribution is 5.86. The summed E-state index contributed by atoms with van der Waals surface area (Å²) in [6, 6.07) is 9.82. The fourth-order valence-electron chi connectivity index (χ4n) is 3.33. The van der Waals surface area contributed by atoms with Gasteiger partial charge >= 0.3 is 6.18 Å². The van der Waals surface area contributed by atoms with Gasteiger partial charge in [-0.3, -0.25) is 9.69 Å². The maximum Gasteiger partial charge on any atom is 0.401 e. The third kappa shape index (κ3) is 9.47. The smallest absolute Gasteiger partial charge is 0.356 e. The largest absolute Gasteiger partial charge is 0.401 e. The van der Waals surface area contributed by atoms with E-state index >= 15 is 0 Å². The number of nitrogens with zero attached hydrogens (tertiary/aromatic N) is 3. The molecule has 2 N–H and O–H groups in total. The molecule has 1 amide bonds. The molecule has 2 rings (SSSR count). The Morgan fingerprint density at radius 3 is 2.43 bits per heavy atom. The highest BCUT2D eigenvalue weighted by Gasteiger charge is 2.32. The number of hydrogen-bond acceptors (Lipinski definition) is 3. The van der Waals surface area contributed by atoms with Gasteiger partial charge < -0.3 is 15.5 Å². The number of halogens is 3. The number of benzene rings is 1. The van der Waals surface area contributed by atoms with E-state index in [0.717, 1.165) is 24.8 Å². The van der Waals surface area contributed by atoms with Crippen molar-refractivity contribution in [3.8, 4) is 0 Å². The van der Waals surface area contributed by atoms with Crippen LogP contribution in [0.25, 0.3) is 0 Å². The van der Waals surface area contributed by atoms with Gasteiger partial charge in [-0.1, -0.05) is 30.3 Å². The van der Waals surface area contributed by atoms with Crippen molar-refractivity contribution >= 4 is 11.9 Å². The molecule has 9 heteroatoms. The summed E-state index contributed by atoms with van der Waals surface area (Å²) in [5.74, 6) is 0.894. The van der Waals surface area contributed by atoms with Crippen LogP contribution in [0, 0.1) is 5.92 Å². The molecule has 0 bridgehead atoms. The molecule has 0 saturated carbocycles. The van der Waals surface area contributed by atoms with Gasteiger partial charge in [-0.2, -0.15) is 13.2 Å². The highest BCUT2D eigenvalue weighted by atomic mass is 19.4. The third-order valence-electron chi connectivity index (χ3n) is 5.12. The molecule has 30 heavy (non-hydrogen) atoms. The van der Waals surface area contributed by atoms with Crippen LogP contribution in [0.3, 0.4) is 0 Å². The monoisotopic (exact) mass is 427 g/mol. The van der Waals surface area contributed by atoms with Crippen LogP contribution in [0.4, 0.5) is 13.2 Å². The van der Waals surface area contributed by atoms with Crippen molar-refractivity contribution in [3.63, 3.8) is 0 Å². The van der Waals surface area contributed by atoms with Crippen molar-refractivity contribution in [1.29, 1.82) is 0 Å². The van der Waals surface area contributed by atoms with Crippen LogP contribution < -0.4 is 10.6 Å². The number of likely N-dealkylation sites (N-methyl/N-ethyl adjacent to an activating group) is 1. The number of guanidine groups is 1. The molecule has 1 aliphatic heterocycles. The summed E-state index contributed by atoms with van der Waals surface area (Å²) in [5.41, 5.74) is 1.06. The summed E-state index contributed by atoms with van der Waals surface area (Å²) in [6.07, 6.45) is -1.75. The van der Waals surface area contributed by atoms with E-state index in [0.29, 0.717) is 38.1 Å². The molecule has 1 heterocycles. The Balaban J connectivity index is 1.80. The molecule has 0 radical (unpaired) electrons. The number of likely N-dealkylation sites (tertiary alicyclic amines) is 1. The van der Waals surface area contributed by atoms with Gasteiger partial charge in [-0.15, -0.1) is 0 Å². The number of carbonyl (C=O) groups is 1. The van der Waals surface area contributed by atoms with Gasteiger partial charge in [0.1, 0.15) is 0 Å². The highest BCUT2D eigenvalue weighted by Crippen LogP contribution is 2.23. The van der Waals surface area contributed by atoms with Gasteiger partial charge in [0.15, 0.2) is 5.96 Å². The lowest BCUT2D eigenvalue weighted by Crippen LogP contribution is -2.44. The zero-order valence-electron chi connectivity index (χ0n) is 17.7. The average Bonchev–Trinajstić information content (AvgIpc) is 2.70. The SMILES string of the molecule is CN(C)C(=O)CNC(=NCc1ccccc1)NCCC1CCN(CC(F)(F)F)CC1. The Kier molecular flexibility index (Phi) is 9.42. The number of hydrogen-bond donors (Lipinski definition) is 2.